The first-order chi connectivity index (χ1) is 21.2. The molecule has 0 saturated heterocycles. The molecule has 10 rings (SSSR count). The molecule has 10 aliphatic carbocycles. The van der Waals surface area contributed by atoms with E-state index in [4.69, 9.17) is 0 Å². The van der Waals surface area contributed by atoms with Gasteiger partial charge in [0.05, 0.1) is 0 Å². The molecule has 6 saturated carbocycles. The summed E-state index contributed by atoms with van der Waals surface area (Å²) in [7, 11) is 0. The van der Waals surface area contributed by atoms with Crippen molar-refractivity contribution in [2.24, 2.45) is 67.5 Å². The Morgan fingerprint density at radius 3 is 1.68 bits per heavy atom. The molecule has 8 unspecified atom stereocenters. The van der Waals surface area contributed by atoms with E-state index < -0.39 is 0 Å². The van der Waals surface area contributed by atoms with Crippen LogP contribution in [0.4, 0.5) is 0 Å². The number of fused-ring (bicyclic) bond motifs is 8. The van der Waals surface area contributed by atoms with Gasteiger partial charge in [0.15, 0.2) is 0 Å². The third-order valence-corrected chi connectivity index (χ3v) is 17.9. The number of hydrogen-bond acceptors (Lipinski definition) is 0. The molecule has 0 aromatic carbocycles. The van der Waals surface area contributed by atoms with E-state index in [9.17, 15) is 0 Å². The quantitative estimate of drug-likeness (QED) is 0.243. The molecule has 8 atom stereocenters. The van der Waals surface area contributed by atoms with Crippen LogP contribution < -0.4 is 24.8 Å². The van der Waals surface area contributed by atoms with E-state index in [-0.39, 0.29) is 62.7 Å². The second kappa shape index (κ2) is 12.4. The van der Waals surface area contributed by atoms with Crippen LogP contribution in [0, 0.1) is 80.0 Å². The van der Waals surface area contributed by atoms with Crippen molar-refractivity contribution in [2.75, 3.05) is 0 Å². The van der Waals surface area contributed by atoms with Crippen molar-refractivity contribution in [3.8, 4) is 0 Å². The standard InChI is InChI=1S/C29H37.C10H14.C5H5.2ClH.Ti/c1-21-14-13-15-22-20-27(6)25(4)18-10-9-16-23(25,2)24(3)17-11-12-19-26(24,5)29(27,8)28(21,22)7;1-7-2-9-4-8(1)5-10(3-7)6-9;1-2-4-5-3-1;;;/h9-20,22H,1-8H3;7-10H,1-5H2;1-3H,4H2;2*1H;/q-1;;-1;;;+2/p-2. The predicted molar refractivity (Wildman–Crippen MR) is 188 cm³/mol. The van der Waals surface area contributed by atoms with Gasteiger partial charge in [0.2, 0.25) is 0 Å². The summed E-state index contributed by atoms with van der Waals surface area (Å²) in [6, 6.07) is 0. The Hall–Kier alpha value is -0.916. The Bertz CT molecular complexity index is 1480. The predicted octanol–water partition coefficient (Wildman–Crippen LogP) is 5.12. The topological polar surface area (TPSA) is 0 Å². The molecule has 0 aromatic heterocycles. The van der Waals surface area contributed by atoms with Crippen LogP contribution in [0.25, 0.3) is 0 Å². The van der Waals surface area contributed by atoms with Gasteiger partial charge in [-0.15, -0.1) is 23.8 Å². The molecule has 0 spiro atoms. The van der Waals surface area contributed by atoms with E-state index in [1.54, 1.807) is 32.1 Å². The molecule has 0 aromatic rings. The molecule has 0 aliphatic heterocycles. The van der Waals surface area contributed by atoms with Gasteiger partial charge in [-0.2, -0.15) is 6.08 Å². The summed E-state index contributed by atoms with van der Waals surface area (Å²) in [6.07, 6.45) is 47.1. The number of halogens is 2. The summed E-state index contributed by atoms with van der Waals surface area (Å²) < 4.78 is 1.87. The fourth-order valence-electron chi connectivity index (χ4n) is 13.3. The average Bonchev–Trinajstić information content (AvgIpc) is 3.66. The molecule has 0 radical (unpaired) electrons. The molecular weight excluding hydrogens is 647 g/mol. The van der Waals surface area contributed by atoms with E-state index in [1.165, 1.54) is 5.57 Å². The zero-order chi connectivity index (χ0) is 32.1. The van der Waals surface area contributed by atoms with Crippen molar-refractivity contribution in [3.05, 3.63) is 103 Å². The molecule has 6 fully saturated rings. The molecule has 252 valence electrons. The average molecular weight is 704 g/mol. The van der Waals surface area contributed by atoms with E-state index in [1.807, 2.05) is 16.0 Å². The molecule has 0 heterocycles. The van der Waals surface area contributed by atoms with Crippen LogP contribution in [0.5, 0.6) is 0 Å². The Kier molecular flexibility index (Phi) is 9.85. The molecule has 47 heavy (non-hydrogen) atoms. The Labute approximate surface area is 311 Å². The van der Waals surface area contributed by atoms with Crippen molar-refractivity contribution in [1.82, 2.24) is 0 Å². The summed E-state index contributed by atoms with van der Waals surface area (Å²) >= 11 is 2.42. The van der Waals surface area contributed by atoms with Gasteiger partial charge in [0, 0.05) is 10.8 Å². The maximum absolute atomic E-state index is 2.99. The van der Waals surface area contributed by atoms with Gasteiger partial charge in [-0.05, 0) is 28.6 Å². The second-order valence-corrected chi connectivity index (χ2v) is 18.4. The van der Waals surface area contributed by atoms with Crippen molar-refractivity contribution in [2.45, 2.75) is 93.9 Å². The number of allylic oxidation sites excluding steroid dienone is 16. The number of hydrogen-bond donors (Lipinski definition) is 0. The van der Waals surface area contributed by atoms with Gasteiger partial charge < -0.3 is 31.2 Å². The third kappa shape index (κ3) is 4.52. The molecule has 0 N–H and O–H groups in total. The van der Waals surface area contributed by atoms with E-state index in [2.05, 4.69) is 161 Å². The van der Waals surface area contributed by atoms with Gasteiger partial charge in [0.1, 0.15) is 0 Å². The SMILES string of the molecule is CC1=CC=CC2[CH-]C3(C)C4(C)C=CC=CC4(C)C4(C)C=CC=CC4(C)C3(C)C12C.[C-]1=CC=CC1.[Cl-].[Cl-].[Ti+2]=[C]1C2CC3CC(C2)CC1C3. The molecule has 4 bridgehead atoms. The van der Waals surface area contributed by atoms with E-state index >= 15 is 0 Å². The summed E-state index contributed by atoms with van der Waals surface area (Å²) in [5.74, 6) is 4.86. The third-order valence-electron chi connectivity index (χ3n) is 16.6. The Balaban J connectivity index is 0.000000197. The van der Waals surface area contributed by atoms with Gasteiger partial charge in [-0.1, -0.05) is 115 Å². The van der Waals surface area contributed by atoms with Gasteiger partial charge in [-0.3, -0.25) is 6.08 Å². The Morgan fingerprint density at radius 2 is 1.19 bits per heavy atom. The maximum atomic E-state index is 2.99. The molecule has 3 heteroatoms. The monoisotopic (exact) mass is 702 g/mol. The fourth-order valence-corrected chi connectivity index (χ4v) is 14.0. The van der Waals surface area contributed by atoms with Crippen LogP contribution in [-0.2, 0) is 20.0 Å². The van der Waals surface area contributed by atoms with E-state index in [0.717, 1.165) is 30.1 Å². The summed E-state index contributed by atoms with van der Waals surface area (Å²) in [5, 5.41) is 0. The summed E-state index contributed by atoms with van der Waals surface area (Å²) in [6.45, 7) is 20.3. The first-order valence-corrected chi connectivity index (χ1v) is 18.8. The molecule has 0 amide bonds. The van der Waals surface area contributed by atoms with Crippen molar-refractivity contribution >= 4 is 3.81 Å². The van der Waals surface area contributed by atoms with Crippen LogP contribution >= 0.6 is 0 Å². The zero-order valence-electron chi connectivity index (χ0n) is 30.0. The van der Waals surface area contributed by atoms with Crippen LogP contribution in [-0.4, -0.2) is 3.81 Å². The normalized spacial score (nSPS) is 50.9. The van der Waals surface area contributed by atoms with Crippen molar-refractivity contribution in [3.63, 3.8) is 0 Å². The molecule has 10 aliphatic rings. The molecular formula is C44H56Cl2Ti-2. The fraction of sp³-hybridized carbons (Fsp3) is 0.591. The minimum absolute atomic E-state index is 0. The van der Waals surface area contributed by atoms with Crippen LogP contribution in [0.3, 0.4) is 0 Å². The minimum atomic E-state index is 0. The first-order valence-electron chi connectivity index (χ1n) is 18.0. The number of rotatable bonds is 0. The summed E-state index contributed by atoms with van der Waals surface area (Å²) in [4.78, 5) is 0. The van der Waals surface area contributed by atoms with Gasteiger partial charge in [0.25, 0.3) is 0 Å². The summed E-state index contributed by atoms with van der Waals surface area (Å²) in [5.41, 5.74) is 1.73. The van der Waals surface area contributed by atoms with Crippen molar-refractivity contribution in [1.29, 1.82) is 0 Å². The van der Waals surface area contributed by atoms with Gasteiger partial charge >= 0.3 is 79.6 Å². The first kappa shape index (κ1) is 37.3. The molecule has 0 nitrogen and oxygen atoms in total. The second-order valence-electron chi connectivity index (χ2n) is 17.5. The zero-order valence-corrected chi connectivity index (χ0v) is 33.1. The van der Waals surface area contributed by atoms with E-state index in [0.29, 0.717) is 5.92 Å². The Morgan fingerprint density at radius 1 is 0.681 bits per heavy atom. The van der Waals surface area contributed by atoms with Crippen molar-refractivity contribution < 1.29 is 44.8 Å². The van der Waals surface area contributed by atoms with Crippen LogP contribution in [0.2, 0.25) is 0 Å². The van der Waals surface area contributed by atoms with Crippen LogP contribution in [0.1, 0.15) is 93.9 Å². The van der Waals surface area contributed by atoms with Gasteiger partial charge in [-0.25, -0.2) is 12.2 Å². The van der Waals surface area contributed by atoms with Crippen LogP contribution in [0.15, 0.2) is 90.6 Å².